The molecule has 0 amide bonds. The molecule has 100 valence electrons. The van der Waals surface area contributed by atoms with E-state index in [0.717, 1.165) is 18.8 Å². The third-order valence-corrected chi connectivity index (χ3v) is 5.42. The van der Waals surface area contributed by atoms with Crippen LogP contribution in [0.5, 0.6) is 5.75 Å². The molecule has 19 heavy (non-hydrogen) atoms. The van der Waals surface area contributed by atoms with Crippen molar-refractivity contribution in [3.63, 3.8) is 0 Å². The number of rotatable bonds is 3. The Labute approximate surface area is 125 Å². The Morgan fingerprint density at radius 2 is 2.21 bits per heavy atom. The van der Waals surface area contributed by atoms with Gasteiger partial charge in [0.05, 0.1) is 6.61 Å². The molecule has 3 rings (SSSR count). The smallest absolute Gasteiger partial charge is 0.122 e. The molecular formula is C15H16BrNOS. The molecule has 0 saturated heterocycles. The topological polar surface area (TPSA) is 21.3 Å². The average Bonchev–Trinajstić information content (AvgIpc) is 2.86. The monoisotopic (exact) mass is 337 g/mol. The molecule has 2 atom stereocenters. The second-order valence-electron chi connectivity index (χ2n) is 4.82. The normalized spacial score (nSPS) is 19.6. The summed E-state index contributed by atoms with van der Waals surface area (Å²) in [6.45, 7) is 0.769. The molecule has 1 aromatic heterocycles. The lowest BCUT2D eigenvalue weighted by atomic mass is 9.87. The van der Waals surface area contributed by atoms with Crippen LogP contribution in [0.25, 0.3) is 0 Å². The van der Waals surface area contributed by atoms with E-state index < -0.39 is 0 Å². The first-order chi connectivity index (χ1) is 9.29. The van der Waals surface area contributed by atoms with Gasteiger partial charge in [-0.3, -0.25) is 0 Å². The van der Waals surface area contributed by atoms with Gasteiger partial charge in [0, 0.05) is 21.8 Å². The van der Waals surface area contributed by atoms with Crippen LogP contribution in [0.3, 0.4) is 0 Å². The maximum absolute atomic E-state index is 5.90. The van der Waals surface area contributed by atoms with Crippen molar-refractivity contribution in [2.75, 3.05) is 13.7 Å². The van der Waals surface area contributed by atoms with Gasteiger partial charge in [0.1, 0.15) is 5.75 Å². The zero-order chi connectivity index (χ0) is 13.2. The quantitative estimate of drug-likeness (QED) is 0.913. The van der Waals surface area contributed by atoms with Crippen molar-refractivity contribution in [3.8, 4) is 5.75 Å². The number of halogens is 1. The van der Waals surface area contributed by atoms with Gasteiger partial charge in [-0.1, -0.05) is 18.2 Å². The number of ether oxygens (including phenoxy) is 1. The number of fused-ring (bicyclic) bond motifs is 1. The molecule has 2 nitrogen and oxygen atoms in total. The lowest BCUT2D eigenvalue weighted by Gasteiger charge is -2.31. The van der Waals surface area contributed by atoms with Crippen LogP contribution < -0.4 is 10.1 Å². The van der Waals surface area contributed by atoms with E-state index in [9.17, 15) is 0 Å². The van der Waals surface area contributed by atoms with E-state index in [-0.39, 0.29) is 0 Å². The first kappa shape index (κ1) is 13.2. The first-order valence-electron chi connectivity index (χ1n) is 6.39. The summed E-state index contributed by atoms with van der Waals surface area (Å²) in [5, 5.41) is 7.79. The van der Waals surface area contributed by atoms with Gasteiger partial charge in [0.15, 0.2) is 0 Å². The molecule has 2 aromatic rings. The van der Waals surface area contributed by atoms with Crippen LogP contribution in [0.15, 0.2) is 39.5 Å². The molecule has 1 aromatic carbocycles. The van der Waals surface area contributed by atoms with E-state index in [1.807, 2.05) is 13.1 Å². The standard InChI is InChI=1S/C15H16BrNOS/c1-17-15(12-8-19-9-13(12)16)11-6-10-4-2-3-5-14(10)18-7-11/h2-5,8-9,11,15,17H,6-7H2,1H3. The highest BCUT2D eigenvalue weighted by Gasteiger charge is 2.28. The maximum Gasteiger partial charge on any atom is 0.122 e. The fraction of sp³-hybridized carbons (Fsp3) is 0.333. The molecule has 2 heterocycles. The Bertz CT molecular complexity index is 569. The van der Waals surface area contributed by atoms with E-state index >= 15 is 0 Å². The van der Waals surface area contributed by atoms with Crippen LogP contribution in [0, 0.1) is 5.92 Å². The van der Waals surface area contributed by atoms with Crippen molar-refractivity contribution >= 4 is 27.3 Å². The van der Waals surface area contributed by atoms with Crippen LogP contribution in [0.1, 0.15) is 17.2 Å². The summed E-state index contributed by atoms with van der Waals surface area (Å²) in [6.07, 6.45) is 1.06. The third kappa shape index (κ3) is 2.57. The molecule has 0 radical (unpaired) electrons. The van der Waals surface area contributed by atoms with Gasteiger partial charge in [0.2, 0.25) is 0 Å². The fourth-order valence-electron chi connectivity index (χ4n) is 2.72. The van der Waals surface area contributed by atoms with Gasteiger partial charge in [-0.2, -0.15) is 11.3 Å². The number of hydrogen-bond acceptors (Lipinski definition) is 3. The van der Waals surface area contributed by atoms with Crippen molar-refractivity contribution in [2.24, 2.45) is 5.92 Å². The molecule has 0 fully saturated rings. The minimum Gasteiger partial charge on any atom is -0.493 e. The fourth-order valence-corrected chi connectivity index (χ4v) is 4.30. The van der Waals surface area contributed by atoms with Crippen LogP contribution >= 0.6 is 27.3 Å². The minimum absolute atomic E-state index is 0.328. The highest BCUT2D eigenvalue weighted by molar-refractivity contribution is 9.10. The van der Waals surface area contributed by atoms with Crippen LogP contribution in [-0.2, 0) is 6.42 Å². The van der Waals surface area contributed by atoms with E-state index in [0.29, 0.717) is 12.0 Å². The molecule has 1 aliphatic heterocycles. The number of para-hydroxylation sites is 1. The van der Waals surface area contributed by atoms with Gasteiger partial charge < -0.3 is 10.1 Å². The zero-order valence-corrected chi connectivity index (χ0v) is 13.1. The highest BCUT2D eigenvalue weighted by atomic mass is 79.9. The molecular weight excluding hydrogens is 322 g/mol. The van der Waals surface area contributed by atoms with Gasteiger partial charge in [-0.15, -0.1) is 0 Å². The number of nitrogens with one attached hydrogen (secondary N) is 1. The maximum atomic E-state index is 5.90. The predicted octanol–water partition coefficient (Wildman–Crippen LogP) is 4.02. The summed E-state index contributed by atoms with van der Waals surface area (Å²) >= 11 is 5.37. The molecule has 0 aliphatic carbocycles. The zero-order valence-electron chi connectivity index (χ0n) is 10.7. The molecule has 0 bridgehead atoms. The molecule has 4 heteroatoms. The largest absolute Gasteiger partial charge is 0.493 e. The first-order valence-corrected chi connectivity index (χ1v) is 8.12. The summed E-state index contributed by atoms with van der Waals surface area (Å²) in [5.41, 5.74) is 2.64. The van der Waals surface area contributed by atoms with Gasteiger partial charge in [0.25, 0.3) is 0 Å². The summed E-state index contributed by atoms with van der Waals surface area (Å²) < 4.78 is 7.10. The second kappa shape index (κ2) is 5.65. The summed E-state index contributed by atoms with van der Waals surface area (Å²) in [7, 11) is 2.02. The number of hydrogen-bond donors (Lipinski definition) is 1. The Morgan fingerprint density at radius 1 is 1.37 bits per heavy atom. The molecule has 1 N–H and O–H groups in total. The van der Waals surface area contributed by atoms with E-state index in [2.05, 4.69) is 50.2 Å². The molecule has 1 aliphatic rings. The average molecular weight is 338 g/mol. The van der Waals surface area contributed by atoms with Gasteiger partial charge in [-0.25, -0.2) is 0 Å². The van der Waals surface area contributed by atoms with Crippen molar-refractivity contribution in [1.29, 1.82) is 0 Å². The highest BCUT2D eigenvalue weighted by Crippen LogP contribution is 2.37. The number of thiophene rings is 1. The molecule has 0 saturated carbocycles. The Morgan fingerprint density at radius 3 is 2.95 bits per heavy atom. The predicted molar refractivity (Wildman–Crippen MR) is 83.0 cm³/mol. The molecule has 0 spiro atoms. The summed E-state index contributed by atoms with van der Waals surface area (Å²) in [6, 6.07) is 8.66. The Kier molecular flexibility index (Phi) is 3.91. The van der Waals surface area contributed by atoms with Crippen molar-refractivity contribution in [3.05, 3.63) is 50.6 Å². The van der Waals surface area contributed by atoms with Crippen LogP contribution in [0.4, 0.5) is 0 Å². The lowest BCUT2D eigenvalue weighted by molar-refractivity contribution is 0.188. The Balaban J connectivity index is 1.85. The van der Waals surface area contributed by atoms with Crippen molar-refractivity contribution in [2.45, 2.75) is 12.5 Å². The van der Waals surface area contributed by atoms with Gasteiger partial charge in [-0.05, 0) is 52.0 Å². The lowest BCUT2D eigenvalue weighted by Crippen LogP contribution is -2.33. The minimum atomic E-state index is 0.328. The van der Waals surface area contributed by atoms with Crippen LogP contribution in [-0.4, -0.2) is 13.7 Å². The number of benzene rings is 1. The summed E-state index contributed by atoms with van der Waals surface area (Å²) in [5.74, 6) is 1.50. The molecule has 2 unspecified atom stereocenters. The van der Waals surface area contributed by atoms with Gasteiger partial charge >= 0.3 is 0 Å². The second-order valence-corrected chi connectivity index (χ2v) is 6.42. The summed E-state index contributed by atoms with van der Waals surface area (Å²) in [4.78, 5) is 0. The van der Waals surface area contributed by atoms with Crippen molar-refractivity contribution < 1.29 is 4.74 Å². The van der Waals surface area contributed by atoms with E-state index in [4.69, 9.17) is 4.74 Å². The van der Waals surface area contributed by atoms with Crippen molar-refractivity contribution in [1.82, 2.24) is 5.32 Å². The van der Waals surface area contributed by atoms with E-state index in [1.54, 1.807) is 11.3 Å². The van der Waals surface area contributed by atoms with Crippen LogP contribution in [0.2, 0.25) is 0 Å². The van der Waals surface area contributed by atoms with E-state index in [1.165, 1.54) is 15.6 Å². The third-order valence-electron chi connectivity index (χ3n) is 3.67. The SMILES string of the molecule is CNC(c1cscc1Br)C1COc2ccccc2C1. The Hall–Kier alpha value is -0.840.